The van der Waals surface area contributed by atoms with Gasteiger partial charge in [-0.25, -0.2) is 13.2 Å². The van der Waals surface area contributed by atoms with Crippen molar-refractivity contribution >= 4 is 16.1 Å². The number of hydrogen-bond acceptors (Lipinski definition) is 7. The number of aromatic nitrogens is 2. The van der Waals surface area contributed by atoms with E-state index in [1.165, 1.54) is 10.6 Å². The number of carbonyl (C=O) groups is 1. The van der Waals surface area contributed by atoms with Gasteiger partial charge in [-0.3, -0.25) is 0 Å². The Kier molecular flexibility index (Phi) is 6.52. The van der Waals surface area contributed by atoms with E-state index in [2.05, 4.69) is 10.1 Å². The van der Waals surface area contributed by atoms with Crippen LogP contribution in [-0.4, -0.2) is 65.9 Å². The fourth-order valence-electron chi connectivity index (χ4n) is 4.25. The number of benzene rings is 1. The van der Waals surface area contributed by atoms with Crippen LogP contribution in [0.15, 0.2) is 22.7 Å². The van der Waals surface area contributed by atoms with Crippen molar-refractivity contribution < 1.29 is 22.5 Å². The molecule has 0 atom stereocenters. The van der Waals surface area contributed by atoms with E-state index >= 15 is 0 Å². The second-order valence-electron chi connectivity index (χ2n) is 8.91. The van der Waals surface area contributed by atoms with Crippen LogP contribution in [0.2, 0.25) is 0 Å². The maximum absolute atomic E-state index is 12.0. The number of nitrogens with zero attached hydrogens (tertiary/aromatic N) is 4. The monoisotopic (exact) mass is 462 g/mol. The summed E-state index contributed by atoms with van der Waals surface area (Å²) >= 11 is 0. The molecule has 1 saturated heterocycles. The first kappa shape index (κ1) is 22.7. The summed E-state index contributed by atoms with van der Waals surface area (Å²) in [7, 11) is -3.19. The fraction of sp³-hybridized carbons (Fsp3) is 0.591. The molecule has 10 heteroatoms. The fourth-order valence-corrected chi connectivity index (χ4v) is 5.04. The topological polar surface area (TPSA) is 106 Å². The second-order valence-corrected chi connectivity index (χ2v) is 10.9. The van der Waals surface area contributed by atoms with Crippen molar-refractivity contribution in [3.05, 3.63) is 35.2 Å². The molecule has 9 nitrogen and oxygen atoms in total. The zero-order valence-electron chi connectivity index (χ0n) is 18.8. The third-order valence-corrected chi connectivity index (χ3v) is 7.30. The van der Waals surface area contributed by atoms with Crippen molar-refractivity contribution in [2.45, 2.75) is 52.2 Å². The lowest BCUT2D eigenvalue weighted by Gasteiger charge is -2.31. The number of amides is 1. The van der Waals surface area contributed by atoms with E-state index in [1.807, 2.05) is 32.0 Å². The maximum atomic E-state index is 12.0. The quantitative estimate of drug-likeness (QED) is 0.673. The first-order chi connectivity index (χ1) is 15.2. The van der Waals surface area contributed by atoms with Gasteiger partial charge in [0.2, 0.25) is 21.7 Å². The minimum atomic E-state index is -3.19. The van der Waals surface area contributed by atoms with Crippen LogP contribution in [0.3, 0.4) is 0 Å². The highest BCUT2D eigenvalue weighted by molar-refractivity contribution is 7.88. The van der Waals surface area contributed by atoms with Gasteiger partial charge >= 0.3 is 6.09 Å². The van der Waals surface area contributed by atoms with Crippen molar-refractivity contribution in [1.29, 1.82) is 0 Å². The van der Waals surface area contributed by atoms with E-state index < -0.39 is 10.0 Å². The molecule has 0 radical (unpaired) electrons. The molecule has 32 heavy (non-hydrogen) atoms. The molecule has 0 aliphatic carbocycles. The molecule has 0 saturated carbocycles. The molecule has 0 unspecified atom stereocenters. The Bertz CT molecular complexity index is 1070. The van der Waals surface area contributed by atoms with Crippen LogP contribution >= 0.6 is 0 Å². The van der Waals surface area contributed by atoms with Crippen LogP contribution in [0.25, 0.3) is 11.4 Å². The van der Waals surface area contributed by atoms with Crippen LogP contribution in [0.4, 0.5) is 4.79 Å². The van der Waals surface area contributed by atoms with Crippen LogP contribution in [-0.2, 0) is 34.1 Å². The average molecular weight is 463 g/mol. The highest BCUT2D eigenvalue weighted by Crippen LogP contribution is 2.27. The number of carbonyl (C=O) groups excluding carboxylic acids is 1. The van der Waals surface area contributed by atoms with Crippen molar-refractivity contribution in [1.82, 2.24) is 19.3 Å². The van der Waals surface area contributed by atoms with Crippen molar-refractivity contribution in [2.75, 3.05) is 25.9 Å². The van der Waals surface area contributed by atoms with Crippen molar-refractivity contribution in [3.8, 4) is 11.4 Å². The van der Waals surface area contributed by atoms with Crippen LogP contribution in [0, 0.1) is 5.92 Å². The van der Waals surface area contributed by atoms with Crippen molar-refractivity contribution in [3.63, 3.8) is 0 Å². The summed E-state index contributed by atoms with van der Waals surface area (Å²) in [6.45, 7) is 5.93. The molecule has 3 heterocycles. The first-order valence-corrected chi connectivity index (χ1v) is 12.9. The first-order valence-electron chi connectivity index (χ1n) is 11.0. The Hall–Kier alpha value is -2.46. The lowest BCUT2D eigenvalue weighted by molar-refractivity contribution is 0.0649. The van der Waals surface area contributed by atoms with Crippen molar-refractivity contribution in [2.24, 2.45) is 5.92 Å². The molecule has 2 aromatic rings. The Morgan fingerprint density at radius 3 is 2.66 bits per heavy atom. The number of piperidine rings is 1. The minimum absolute atomic E-state index is 0.112. The zero-order valence-corrected chi connectivity index (χ0v) is 19.6. The average Bonchev–Trinajstić information content (AvgIpc) is 3.21. The molecule has 0 spiro atoms. The van der Waals surface area contributed by atoms with Gasteiger partial charge in [0.05, 0.1) is 12.4 Å². The van der Waals surface area contributed by atoms with Gasteiger partial charge in [0.15, 0.2) is 0 Å². The van der Waals surface area contributed by atoms with Gasteiger partial charge in [-0.1, -0.05) is 17.3 Å². The largest absolute Gasteiger partial charge is 0.447 e. The van der Waals surface area contributed by atoms with E-state index in [0.717, 1.165) is 29.5 Å². The molecule has 1 aromatic carbocycles. The predicted molar refractivity (Wildman–Crippen MR) is 118 cm³/mol. The van der Waals surface area contributed by atoms with Gasteiger partial charge in [0, 0.05) is 38.2 Å². The number of sulfonamides is 1. The maximum Gasteiger partial charge on any atom is 0.410 e. The normalized spacial score (nSPS) is 18.1. The Balaban J connectivity index is 1.35. The number of likely N-dealkylation sites (tertiary alicyclic amines) is 1. The standard InChI is InChI=1S/C22H30N4O5S/c1-15(2)30-22(27)25-9-6-16(7-10-25)12-20-23-21(24-31-20)18-4-5-19-14-26(32(3,28)29)11-8-17(19)13-18/h4-5,13,15-16H,6-12,14H2,1-3H3. The SMILES string of the molecule is CC(C)OC(=O)N1CCC(Cc2nc(-c3ccc4c(c3)CCN(S(C)(=O)=O)C4)no2)CC1. The van der Waals surface area contributed by atoms with E-state index in [1.54, 1.807) is 4.90 Å². The van der Waals surface area contributed by atoms with E-state index in [-0.39, 0.29) is 12.2 Å². The summed E-state index contributed by atoms with van der Waals surface area (Å²) in [5.74, 6) is 1.53. The third-order valence-electron chi connectivity index (χ3n) is 6.05. The molecule has 0 N–H and O–H groups in total. The van der Waals surface area contributed by atoms with Gasteiger partial charge in [-0.15, -0.1) is 0 Å². The molecule has 174 valence electrons. The summed E-state index contributed by atoms with van der Waals surface area (Å²) < 4.78 is 35.9. The highest BCUT2D eigenvalue weighted by atomic mass is 32.2. The Morgan fingerprint density at radius 1 is 1.22 bits per heavy atom. The van der Waals surface area contributed by atoms with Crippen LogP contribution in [0.1, 0.15) is 43.7 Å². The summed E-state index contributed by atoms with van der Waals surface area (Å²) in [5.41, 5.74) is 3.00. The summed E-state index contributed by atoms with van der Waals surface area (Å²) in [5, 5.41) is 4.15. The van der Waals surface area contributed by atoms with Gasteiger partial charge in [0.25, 0.3) is 0 Å². The van der Waals surface area contributed by atoms with Gasteiger partial charge < -0.3 is 14.2 Å². The summed E-state index contributed by atoms with van der Waals surface area (Å²) in [6, 6.07) is 5.89. The van der Waals surface area contributed by atoms with E-state index in [9.17, 15) is 13.2 Å². The number of ether oxygens (including phenoxy) is 1. The molecule has 2 aliphatic heterocycles. The highest BCUT2D eigenvalue weighted by Gasteiger charge is 2.27. The molecular formula is C22H30N4O5S. The summed E-state index contributed by atoms with van der Waals surface area (Å²) in [4.78, 5) is 18.4. The summed E-state index contributed by atoms with van der Waals surface area (Å²) in [6.07, 6.45) is 3.99. The molecule has 1 fully saturated rings. The molecule has 1 aromatic heterocycles. The second kappa shape index (κ2) is 9.19. The molecule has 2 aliphatic rings. The van der Waals surface area contributed by atoms with Crippen LogP contribution in [0.5, 0.6) is 0 Å². The van der Waals surface area contributed by atoms with Gasteiger partial charge in [-0.2, -0.15) is 9.29 Å². The molecule has 4 rings (SSSR count). The number of hydrogen-bond donors (Lipinski definition) is 0. The van der Waals surface area contributed by atoms with Gasteiger partial charge in [-0.05, 0) is 56.2 Å². The number of rotatable bonds is 5. The Labute approximate surface area is 188 Å². The lowest BCUT2D eigenvalue weighted by Crippen LogP contribution is -2.40. The lowest BCUT2D eigenvalue weighted by atomic mass is 9.94. The predicted octanol–water partition coefficient (Wildman–Crippen LogP) is 2.85. The Morgan fingerprint density at radius 2 is 1.97 bits per heavy atom. The van der Waals surface area contributed by atoms with E-state index in [0.29, 0.717) is 56.7 Å². The molecule has 0 bridgehead atoms. The third kappa shape index (κ3) is 5.29. The molecule has 1 amide bonds. The van der Waals surface area contributed by atoms with Gasteiger partial charge in [0.1, 0.15) is 0 Å². The van der Waals surface area contributed by atoms with Crippen LogP contribution < -0.4 is 0 Å². The minimum Gasteiger partial charge on any atom is -0.447 e. The van der Waals surface area contributed by atoms with E-state index in [4.69, 9.17) is 9.26 Å². The smallest absolute Gasteiger partial charge is 0.410 e. The zero-order chi connectivity index (χ0) is 22.9. The number of fused-ring (bicyclic) bond motifs is 1. The molecular weight excluding hydrogens is 432 g/mol.